The number of thiazole rings is 1. The molecule has 4 N–H and O–H groups in total. The van der Waals surface area contributed by atoms with Crippen molar-refractivity contribution in [3.63, 3.8) is 0 Å². The summed E-state index contributed by atoms with van der Waals surface area (Å²) >= 11 is 1.33. The molecular formula is C10H13N5O2S. The fraction of sp³-hybridized carbons (Fsp3) is 0.300. The molecular weight excluding hydrogens is 254 g/mol. The molecule has 2 aromatic rings. The second-order valence-corrected chi connectivity index (χ2v) is 4.55. The van der Waals surface area contributed by atoms with Crippen molar-refractivity contribution >= 4 is 22.4 Å². The maximum absolute atomic E-state index is 10.7. The Morgan fingerprint density at radius 3 is 3.11 bits per heavy atom. The SMILES string of the molecule is Cn1nccc1CNc1nc(C(N)C(=O)O)cs1. The number of hydrogen-bond acceptors (Lipinski definition) is 6. The number of carboxylic acid groups (broad SMARTS) is 1. The monoisotopic (exact) mass is 267 g/mol. The van der Waals surface area contributed by atoms with Crippen LogP contribution in [-0.4, -0.2) is 25.8 Å². The van der Waals surface area contributed by atoms with Crippen LogP contribution >= 0.6 is 11.3 Å². The lowest BCUT2D eigenvalue weighted by Gasteiger charge is -2.03. The third kappa shape index (κ3) is 2.66. The lowest BCUT2D eigenvalue weighted by atomic mass is 10.2. The van der Waals surface area contributed by atoms with E-state index in [0.29, 0.717) is 17.4 Å². The third-order valence-electron chi connectivity index (χ3n) is 2.45. The number of aromatic nitrogens is 3. The zero-order chi connectivity index (χ0) is 13.1. The molecule has 0 amide bonds. The molecule has 0 aromatic carbocycles. The minimum Gasteiger partial charge on any atom is -0.480 e. The number of rotatable bonds is 5. The second-order valence-electron chi connectivity index (χ2n) is 3.69. The quantitative estimate of drug-likeness (QED) is 0.731. The molecule has 2 rings (SSSR count). The molecule has 2 heterocycles. The molecule has 8 heteroatoms. The number of aliphatic carboxylic acids is 1. The number of nitrogens with zero attached hydrogens (tertiary/aromatic N) is 3. The van der Waals surface area contributed by atoms with Gasteiger partial charge in [0.1, 0.15) is 6.04 Å². The van der Waals surface area contributed by atoms with Crippen LogP contribution in [0.25, 0.3) is 0 Å². The zero-order valence-electron chi connectivity index (χ0n) is 9.70. The van der Waals surface area contributed by atoms with Crippen molar-refractivity contribution in [1.29, 1.82) is 0 Å². The lowest BCUT2D eigenvalue weighted by Crippen LogP contribution is -2.20. The highest BCUT2D eigenvalue weighted by molar-refractivity contribution is 7.13. The van der Waals surface area contributed by atoms with Gasteiger partial charge in [0.2, 0.25) is 0 Å². The number of hydrogen-bond donors (Lipinski definition) is 3. The number of carbonyl (C=O) groups is 1. The van der Waals surface area contributed by atoms with E-state index in [0.717, 1.165) is 5.69 Å². The van der Waals surface area contributed by atoms with Gasteiger partial charge in [-0.2, -0.15) is 5.10 Å². The van der Waals surface area contributed by atoms with E-state index >= 15 is 0 Å². The van der Waals surface area contributed by atoms with Crippen molar-refractivity contribution < 1.29 is 9.90 Å². The first-order valence-electron chi connectivity index (χ1n) is 5.22. The number of carboxylic acids is 1. The van der Waals surface area contributed by atoms with Crippen molar-refractivity contribution in [3.05, 3.63) is 29.0 Å². The Morgan fingerprint density at radius 1 is 1.72 bits per heavy atom. The molecule has 7 nitrogen and oxygen atoms in total. The summed E-state index contributed by atoms with van der Waals surface area (Å²) in [4.78, 5) is 14.8. The Bertz CT molecular complexity index is 550. The lowest BCUT2D eigenvalue weighted by molar-refractivity contribution is -0.138. The molecule has 0 aliphatic heterocycles. The van der Waals surface area contributed by atoms with Crippen molar-refractivity contribution in [2.45, 2.75) is 12.6 Å². The van der Waals surface area contributed by atoms with Crippen LogP contribution in [0.3, 0.4) is 0 Å². The summed E-state index contributed by atoms with van der Waals surface area (Å²) in [6, 6.07) is 0.818. The Morgan fingerprint density at radius 2 is 2.50 bits per heavy atom. The van der Waals surface area contributed by atoms with Crippen LogP contribution in [0.5, 0.6) is 0 Å². The van der Waals surface area contributed by atoms with Crippen LogP contribution in [-0.2, 0) is 18.4 Å². The number of nitrogens with two attached hydrogens (primary N) is 1. The summed E-state index contributed by atoms with van der Waals surface area (Å²) in [6.45, 7) is 0.575. The first-order valence-corrected chi connectivity index (χ1v) is 6.10. The van der Waals surface area contributed by atoms with Crippen LogP contribution in [0.4, 0.5) is 5.13 Å². The molecule has 0 fully saturated rings. The van der Waals surface area contributed by atoms with Crippen LogP contribution in [0.15, 0.2) is 17.6 Å². The first kappa shape index (κ1) is 12.5. The van der Waals surface area contributed by atoms with Crippen molar-refractivity contribution in [1.82, 2.24) is 14.8 Å². The minimum atomic E-state index is -1.08. The van der Waals surface area contributed by atoms with Gasteiger partial charge in [0.25, 0.3) is 0 Å². The van der Waals surface area contributed by atoms with Gasteiger partial charge in [-0.05, 0) is 6.07 Å². The van der Waals surface area contributed by atoms with Gasteiger partial charge in [-0.15, -0.1) is 11.3 Å². The summed E-state index contributed by atoms with van der Waals surface area (Å²) < 4.78 is 1.75. The Kier molecular flexibility index (Phi) is 3.58. The van der Waals surface area contributed by atoms with E-state index in [1.807, 2.05) is 13.1 Å². The predicted molar refractivity (Wildman–Crippen MR) is 67.2 cm³/mol. The van der Waals surface area contributed by atoms with E-state index in [1.54, 1.807) is 16.3 Å². The van der Waals surface area contributed by atoms with Gasteiger partial charge in [0.05, 0.1) is 17.9 Å². The highest BCUT2D eigenvalue weighted by atomic mass is 32.1. The van der Waals surface area contributed by atoms with Gasteiger partial charge >= 0.3 is 5.97 Å². The molecule has 18 heavy (non-hydrogen) atoms. The van der Waals surface area contributed by atoms with E-state index in [4.69, 9.17) is 10.8 Å². The Hall–Kier alpha value is -1.93. The summed E-state index contributed by atoms with van der Waals surface area (Å²) in [5.74, 6) is -1.08. The topological polar surface area (TPSA) is 106 Å². The number of aryl methyl sites for hydroxylation is 1. The van der Waals surface area contributed by atoms with Crippen LogP contribution < -0.4 is 11.1 Å². The fourth-order valence-corrected chi connectivity index (χ4v) is 2.12. The summed E-state index contributed by atoms with van der Waals surface area (Å²) in [6.07, 6.45) is 1.71. The molecule has 96 valence electrons. The van der Waals surface area contributed by atoms with E-state index < -0.39 is 12.0 Å². The van der Waals surface area contributed by atoms with E-state index in [2.05, 4.69) is 15.4 Å². The average Bonchev–Trinajstić information content (AvgIpc) is 2.94. The highest BCUT2D eigenvalue weighted by Gasteiger charge is 2.17. The van der Waals surface area contributed by atoms with E-state index in [1.165, 1.54) is 11.3 Å². The molecule has 0 aliphatic carbocycles. The summed E-state index contributed by atoms with van der Waals surface area (Å²) in [5.41, 5.74) is 6.84. The van der Waals surface area contributed by atoms with Crippen LogP contribution in [0.1, 0.15) is 17.4 Å². The fourth-order valence-electron chi connectivity index (χ4n) is 1.38. The van der Waals surface area contributed by atoms with Gasteiger partial charge in [0.15, 0.2) is 5.13 Å². The Labute approximate surface area is 107 Å². The molecule has 0 spiro atoms. The Balaban J connectivity index is 1.99. The summed E-state index contributed by atoms with van der Waals surface area (Å²) in [5, 5.41) is 18.2. The first-order chi connectivity index (χ1) is 8.58. The minimum absolute atomic E-state index is 0.361. The average molecular weight is 267 g/mol. The molecule has 1 unspecified atom stereocenters. The van der Waals surface area contributed by atoms with Crippen LogP contribution in [0.2, 0.25) is 0 Å². The summed E-state index contributed by atoms with van der Waals surface area (Å²) in [7, 11) is 1.85. The normalized spacial score (nSPS) is 12.3. The van der Waals surface area contributed by atoms with Crippen LogP contribution in [0, 0.1) is 0 Å². The molecule has 0 aliphatic rings. The molecule has 0 bridgehead atoms. The third-order valence-corrected chi connectivity index (χ3v) is 3.27. The van der Waals surface area contributed by atoms with Gasteiger partial charge < -0.3 is 16.2 Å². The standard InChI is InChI=1S/C10H13N5O2S/c1-15-6(2-3-13-15)4-12-10-14-7(5-18-10)8(11)9(16)17/h2-3,5,8H,4,11H2,1H3,(H,12,14)(H,16,17). The maximum Gasteiger partial charge on any atom is 0.326 e. The zero-order valence-corrected chi connectivity index (χ0v) is 10.5. The maximum atomic E-state index is 10.7. The van der Waals surface area contributed by atoms with Gasteiger partial charge in [-0.1, -0.05) is 0 Å². The molecule has 0 saturated heterocycles. The van der Waals surface area contributed by atoms with Crippen molar-refractivity contribution in [2.24, 2.45) is 12.8 Å². The van der Waals surface area contributed by atoms with Crippen molar-refractivity contribution in [2.75, 3.05) is 5.32 Å². The molecule has 2 aromatic heterocycles. The largest absolute Gasteiger partial charge is 0.480 e. The van der Waals surface area contributed by atoms with E-state index in [-0.39, 0.29) is 0 Å². The number of nitrogens with one attached hydrogen (secondary N) is 1. The van der Waals surface area contributed by atoms with Gasteiger partial charge in [0, 0.05) is 18.6 Å². The number of anilines is 1. The van der Waals surface area contributed by atoms with E-state index in [9.17, 15) is 4.79 Å². The smallest absolute Gasteiger partial charge is 0.326 e. The predicted octanol–water partition coefficient (Wildman–Crippen LogP) is 0.573. The highest BCUT2D eigenvalue weighted by Crippen LogP contribution is 2.20. The van der Waals surface area contributed by atoms with Gasteiger partial charge in [-0.3, -0.25) is 9.48 Å². The molecule has 0 radical (unpaired) electrons. The molecule has 1 atom stereocenters. The molecule has 0 saturated carbocycles. The second kappa shape index (κ2) is 5.15. The van der Waals surface area contributed by atoms with Crippen molar-refractivity contribution in [3.8, 4) is 0 Å². The van der Waals surface area contributed by atoms with Gasteiger partial charge in [-0.25, -0.2) is 4.98 Å².